The molecule has 0 N–H and O–H groups in total. The first kappa shape index (κ1) is 28.7. The summed E-state index contributed by atoms with van der Waals surface area (Å²) in [5.74, 6) is 0. The molecule has 1 rings (SSSR count). The Hall–Kier alpha value is -1.38. The zero-order valence-corrected chi connectivity index (χ0v) is 22.4. The zero-order valence-electron chi connectivity index (χ0n) is 22.4. The molecule has 32 heavy (non-hydrogen) atoms. The molecular weight excluding hydrogens is 392 g/mol. The van der Waals surface area contributed by atoms with E-state index in [0.29, 0.717) is 19.3 Å². The van der Waals surface area contributed by atoms with Gasteiger partial charge in [-0.15, -0.1) is 0 Å². The minimum atomic E-state index is 0.102. The summed E-state index contributed by atoms with van der Waals surface area (Å²) >= 11 is 0. The van der Waals surface area contributed by atoms with E-state index in [-0.39, 0.29) is 5.60 Å². The smallest absolute Gasteiger partial charge is 0.0923 e. The number of ether oxygens (including phenoxy) is 2. The third-order valence-corrected chi connectivity index (χ3v) is 6.25. The monoisotopic (exact) mass is 442 g/mol. The highest BCUT2D eigenvalue weighted by Crippen LogP contribution is 2.43. The fourth-order valence-corrected chi connectivity index (χ4v) is 3.79. The van der Waals surface area contributed by atoms with Crippen LogP contribution in [0.1, 0.15) is 107 Å². The normalized spacial score (nSPS) is 21.5. The molecule has 0 spiro atoms. The summed E-state index contributed by atoms with van der Waals surface area (Å²) in [6, 6.07) is 0. The van der Waals surface area contributed by atoms with E-state index in [9.17, 15) is 0 Å². The van der Waals surface area contributed by atoms with E-state index >= 15 is 0 Å². The molecule has 1 heterocycles. The third kappa shape index (κ3) is 13.9. The summed E-state index contributed by atoms with van der Waals surface area (Å²) in [6.07, 6.45) is 20.9. The SMILES string of the molecule is CC(C)=CCC/C(C)=C/CC/C(C)=C/COC/C=C(\C)CCC1OC1(C)CCC=C(C)C. The molecule has 2 nitrogen and oxygen atoms in total. The van der Waals surface area contributed by atoms with Crippen molar-refractivity contribution in [1.29, 1.82) is 0 Å². The highest BCUT2D eigenvalue weighted by Gasteiger charge is 2.50. The first-order valence-corrected chi connectivity index (χ1v) is 12.6. The van der Waals surface area contributed by atoms with Gasteiger partial charge in [-0.1, -0.05) is 58.2 Å². The van der Waals surface area contributed by atoms with Crippen LogP contribution in [0, 0.1) is 0 Å². The van der Waals surface area contributed by atoms with Crippen molar-refractivity contribution in [2.75, 3.05) is 13.2 Å². The second-order valence-electron chi connectivity index (χ2n) is 10.3. The minimum absolute atomic E-state index is 0.102. The van der Waals surface area contributed by atoms with E-state index in [1.54, 1.807) is 0 Å². The Balaban J connectivity index is 2.14. The fraction of sp³-hybridized carbons (Fsp3) is 0.667. The maximum atomic E-state index is 5.98. The van der Waals surface area contributed by atoms with Gasteiger partial charge >= 0.3 is 0 Å². The van der Waals surface area contributed by atoms with E-state index in [2.05, 4.69) is 85.8 Å². The molecule has 1 aliphatic heterocycles. The lowest BCUT2D eigenvalue weighted by Gasteiger charge is -2.05. The zero-order chi connectivity index (χ0) is 24.0. The molecule has 0 amide bonds. The van der Waals surface area contributed by atoms with Gasteiger partial charge in [0, 0.05) is 0 Å². The van der Waals surface area contributed by atoms with E-state index in [4.69, 9.17) is 9.47 Å². The molecule has 2 atom stereocenters. The van der Waals surface area contributed by atoms with Gasteiger partial charge in [0.2, 0.25) is 0 Å². The van der Waals surface area contributed by atoms with Crippen LogP contribution < -0.4 is 0 Å². The van der Waals surface area contributed by atoms with Crippen molar-refractivity contribution < 1.29 is 9.47 Å². The summed E-state index contributed by atoms with van der Waals surface area (Å²) < 4.78 is 11.8. The van der Waals surface area contributed by atoms with Gasteiger partial charge in [-0.2, -0.15) is 0 Å². The standard InChI is InChI=1S/C30H50O2/c1-24(2)12-9-14-26(5)15-10-16-27(6)19-22-31-23-20-28(7)17-18-29-30(8,32-29)21-11-13-25(3)4/h12-13,15,19-20,29H,9-11,14,16-18,21-23H2,1-8H3/b26-15+,27-19+,28-20+. The number of hydrogen-bond acceptors (Lipinski definition) is 2. The summed E-state index contributed by atoms with van der Waals surface area (Å²) in [6.45, 7) is 19.0. The number of hydrogen-bond donors (Lipinski definition) is 0. The highest BCUT2D eigenvalue weighted by atomic mass is 16.6. The Morgan fingerprint density at radius 3 is 1.78 bits per heavy atom. The van der Waals surface area contributed by atoms with Crippen LogP contribution in [0.5, 0.6) is 0 Å². The summed E-state index contributed by atoms with van der Waals surface area (Å²) in [4.78, 5) is 0. The molecule has 1 saturated heterocycles. The van der Waals surface area contributed by atoms with Crippen molar-refractivity contribution in [2.24, 2.45) is 0 Å². The molecule has 0 aromatic rings. The van der Waals surface area contributed by atoms with Gasteiger partial charge in [-0.25, -0.2) is 0 Å². The van der Waals surface area contributed by atoms with Crippen LogP contribution in [0.4, 0.5) is 0 Å². The van der Waals surface area contributed by atoms with Crippen molar-refractivity contribution in [3.8, 4) is 0 Å². The van der Waals surface area contributed by atoms with E-state index in [0.717, 1.165) is 44.9 Å². The largest absolute Gasteiger partial charge is 0.373 e. The fourth-order valence-electron chi connectivity index (χ4n) is 3.79. The van der Waals surface area contributed by atoms with Crippen molar-refractivity contribution >= 4 is 0 Å². The molecule has 2 unspecified atom stereocenters. The maximum absolute atomic E-state index is 5.98. The first-order chi connectivity index (χ1) is 15.1. The van der Waals surface area contributed by atoms with Crippen LogP contribution in [-0.2, 0) is 9.47 Å². The molecular formula is C30H50O2. The van der Waals surface area contributed by atoms with Gasteiger partial charge < -0.3 is 9.47 Å². The first-order valence-electron chi connectivity index (χ1n) is 12.6. The third-order valence-electron chi connectivity index (χ3n) is 6.25. The highest BCUT2D eigenvalue weighted by molar-refractivity contribution is 5.07. The van der Waals surface area contributed by atoms with E-state index < -0.39 is 0 Å². The lowest BCUT2D eigenvalue weighted by Crippen LogP contribution is -2.09. The Morgan fingerprint density at radius 2 is 1.19 bits per heavy atom. The molecule has 182 valence electrons. The number of epoxide rings is 1. The topological polar surface area (TPSA) is 21.8 Å². The summed E-state index contributed by atoms with van der Waals surface area (Å²) in [5, 5.41) is 0. The van der Waals surface area contributed by atoms with Gasteiger partial charge in [0.15, 0.2) is 0 Å². The van der Waals surface area contributed by atoms with Crippen molar-refractivity contribution in [2.45, 2.75) is 118 Å². The molecule has 0 saturated carbocycles. The van der Waals surface area contributed by atoms with Gasteiger partial charge in [0.1, 0.15) is 0 Å². The Kier molecular flexibility index (Phi) is 13.8. The predicted molar refractivity (Wildman–Crippen MR) is 141 cm³/mol. The average Bonchev–Trinajstić information content (AvgIpc) is 3.35. The number of rotatable bonds is 16. The van der Waals surface area contributed by atoms with Gasteiger partial charge in [0.05, 0.1) is 24.9 Å². The Morgan fingerprint density at radius 1 is 0.688 bits per heavy atom. The lowest BCUT2D eigenvalue weighted by molar-refractivity contribution is 0.192. The van der Waals surface area contributed by atoms with E-state index in [1.807, 2.05) is 0 Å². The van der Waals surface area contributed by atoms with Crippen LogP contribution in [0.2, 0.25) is 0 Å². The molecule has 0 radical (unpaired) electrons. The summed E-state index contributed by atoms with van der Waals surface area (Å²) in [7, 11) is 0. The van der Waals surface area contributed by atoms with Crippen LogP contribution in [0.3, 0.4) is 0 Å². The quantitative estimate of drug-likeness (QED) is 0.135. The molecule has 2 heteroatoms. The molecule has 1 fully saturated rings. The van der Waals surface area contributed by atoms with Gasteiger partial charge in [-0.05, 0) is 107 Å². The van der Waals surface area contributed by atoms with Gasteiger partial charge in [0.25, 0.3) is 0 Å². The minimum Gasteiger partial charge on any atom is -0.373 e. The number of allylic oxidation sites excluding steroid dienone is 8. The van der Waals surface area contributed by atoms with E-state index in [1.165, 1.54) is 34.3 Å². The lowest BCUT2D eigenvalue weighted by atomic mass is 9.96. The van der Waals surface area contributed by atoms with Crippen LogP contribution >= 0.6 is 0 Å². The molecule has 0 aromatic heterocycles. The van der Waals surface area contributed by atoms with Crippen molar-refractivity contribution in [3.63, 3.8) is 0 Å². The molecule has 0 aromatic carbocycles. The Labute approximate surface area is 199 Å². The van der Waals surface area contributed by atoms with Crippen LogP contribution in [0.15, 0.2) is 58.2 Å². The maximum Gasteiger partial charge on any atom is 0.0923 e. The van der Waals surface area contributed by atoms with Crippen molar-refractivity contribution in [1.82, 2.24) is 0 Å². The van der Waals surface area contributed by atoms with Crippen LogP contribution in [-0.4, -0.2) is 24.9 Å². The molecule has 0 aliphatic carbocycles. The van der Waals surface area contributed by atoms with Crippen LogP contribution in [0.25, 0.3) is 0 Å². The second-order valence-corrected chi connectivity index (χ2v) is 10.3. The van der Waals surface area contributed by atoms with Gasteiger partial charge in [-0.3, -0.25) is 0 Å². The average molecular weight is 443 g/mol. The molecule has 0 bridgehead atoms. The van der Waals surface area contributed by atoms with Crippen molar-refractivity contribution in [3.05, 3.63) is 58.2 Å². The second kappa shape index (κ2) is 15.5. The predicted octanol–water partition coefficient (Wildman–Crippen LogP) is 9.05. The summed E-state index contributed by atoms with van der Waals surface area (Å²) in [5.41, 5.74) is 7.22. The molecule has 1 aliphatic rings. The Bertz CT molecular complexity index is 696.